The van der Waals surface area contributed by atoms with Gasteiger partial charge in [0.15, 0.2) is 0 Å². The Kier molecular flexibility index (Phi) is 4.31. The summed E-state index contributed by atoms with van der Waals surface area (Å²) in [7, 11) is 1.93. The van der Waals surface area contributed by atoms with Gasteiger partial charge in [-0.1, -0.05) is 30.4 Å². The van der Waals surface area contributed by atoms with E-state index in [1.807, 2.05) is 25.2 Å². The van der Waals surface area contributed by atoms with Crippen LogP contribution in [0.25, 0.3) is 16.8 Å². The van der Waals surface area contributed by atoms with E-state index in [4.69, 9.17) is 5.11 Å². The van der Waals surface area contributed by atoms with Crippen LogP contribution < -0.4 is 5.32 Å². The van der Waals surface area contributed by atoms with Gasteiger partial charge in [0.05, 0.1) is 5.56 Å². The van der Waals surface area contributed by atoms with E-state index in [2.05, 4.69) is 23.5 Å². The van der Waals surface area contributed by atoms with Crippen molar-refractivity contribution < 1.29 is 9.90 Å². The molecular formula is C16H17NO2. The van der Waals surface area contributed by atoms with Crippen molar-refractivity contribution in [1.29, 1.82) is 0 Å². The van der Waals surface area contributed by atoms with Crippen molar-refractivity contribution in [3.05, 3.63) is 53.6 Å². The largest absolute Gasteiger partial charge is 0.478 e. The van der Waals surface area contributed by atoms with Crippen LogP contribution in [0.3, 0.4) is 0 Å². The smallest absolute Gasteiger partial charge is 0.335 e. The second-order valence-electron chi connectivity index (χ2n) is 4.42. The molecule has 0 aromatic heterocycles. The molecule has 2 rings (SSSR count). The van der Waals surface area contributed by atoms with Crippen molar-refractivity contribution in [3.8, 4) is 0 Å². The van der Waals surface area contributed by atoms with Crippen LogP contribution in [-0.2, 0) is 0 Å². The van der Waals surface area contributed by atoms with Gasteiger partial charge in [-0.15, -0.1) is 0 Å². The fourth-order valence-electron chi connectivity index (χ4n) is 1.95. The highest BCUT2D eigenvalue weighted by molar-refractivity contribution is 5.94. The number of carbonyl (C=O) groups is 1. The molecule has 2 N–H and O–H groups in total. The fraction of sp³-hybridized carbons (Fsp3) is 0.188. The number of fused-ring (bicyclic) bond motifs is 1. The van der Waals surface area contributed by atoms with E-state index >= 15 is 0 Å². The lowest BCUT2D eigenvalue weighted by atomic mass is 10.0. The number of rotatable bonds is 5. The minimum Gasteiger partial charge on any atom is -0.478 e. The molecule has 0 aliphatic rings. The number of benzene rings is 2. The minimum atomic E-state index is -0.891. The van der Waals surface area contributed by atoms with Gasteiger partial charge in [0.25, 0.3) is 0 Å². The first-order chi connectivity index (χ1) is 9.20. The molecule has 0 heterocycles. The highest BCUT2D eigenvalue weighted by Crippen LogP contribution is 2.19. The SMILES string of the molecule is CNCCC=Cc1ccc2cc(C(=O)O)ccc2c1. The predicted octanol–water partition coefficient (Wildman–Crippen LogP) is 3.16. The molecule has 2 aromatic carbocycles. The van der Waals surface area contributed by atoms with Crippen LogP contribution in [0.4, 0.5) is 0 Å². The second kappa shape index (κ2) is 6.16. The number of nitrogens with one attached hydrogen (secondary N) is 1. The summed E-state index contributed by atoms with van der Waals surface area (Å²) in [6, 6.07) is 11.2. The van der Waals surface area contributed by atoms with Gasteiger partial charge in [0, 0.05) is 0 Å². The van der Waals surface area contributed by atoms with Gasteiger partial charge in [-0.2, -0.15) is 0 Å². The molecule has 0 aliphatic heterocycles. The van der Waals surface area contributed by atoms with E-state index < -0.39 is 5.97 Å². The van der Waals surface area contributed by atoms with E-state index in [0.29, 0.717) is 5.56 Å². The third-order valence-electron chi connectivity index (χ3n) is 2.98. The lowest BCUT2D eigenvalue weighted by molar-refractivity contribution is 0.0697. The average molecular weight is 255 g/mol. The molecule has 0 saturated heterocycles. The Morgan fingerprint density at radius 2 is 1.95 bits per heavy atom. The van der Waals surface area contributed by atoms with Gasteiger partial charge in [0.1, 0.15) is 0 Å². The Balaban J connectivity index is 2.24. The summed E-state index contributed by atoms with van der Waals surface area (Å²) in [6.07, 6.45) is 5.21. The topological polar surface area (TPSA) is 49.3 Å². The van der Waals surface area contributed by atoms with Gasteiger partial charge >= 0.3 is 5.97 Å². The predicted molar refractivity (Wildman–Crippen MR) is 78.5 cm³/mol. The van der Waals surface area contributed by atoms with Gasteiger partial charge in [-0.25, -0.2) is 4.79 Å². The molecule has 98 valence electrons. The zero-order valence-electron chi connectivity index (χ0n) is 10.9. The molecule has 3 heteroatoms. The molecular weight excluding hydrogens is 238 g/mol. The highest BCUT2D eigenvalue weighted by Gasteiger charge is 2.03. The number of hydrogen-bond acceptors (Lipinski definition) is 2. The normalized spacial score (nSPS) is 11.2. The van der Waals surface area contributed by atoms with Crippen LogP contribution in [-0.4, -0.2) is 24.7 Å². The van der Waals surface area contributed by atoms with E-state index in [0.717, 1.165) is 29.3 Å². The van der Waals surface area contributed by atoms with Crippen LogP contribution in [0.15, 0.2) is 42.5 Å². The first-order valence-corrected chi connectivity index (χ1v) is 6.29. The summed E-state index contributed by atoms with van der Waals surface area (Å²) < 4.78 is 0. The van der Waals surface area contributed by atoms with Gasteiger partial charge < -0.3 is 10.4 Å². The monoisotopic (exact) mass is 255 g/mol. The summed E-state index contributed by atoms with van der Waals surface area (Å²) in [5.41, 5.74) is 1.46. The average Bonchev–Trinajstić information content (AvgIpc) is 2.43. The van der Waals surface area contributed by atoms with Crippen LogP contribution in [0.5, 0.6) is 0 Å². The molecule has 0 spiro atoms. The molecule has 2 aromatic rings. The molecule has 0 saturated carbocycles. The molecule has 0 radical (unpaired) electrons. The fourth-order valence-corrected chi connectivity index (χ4v) is 1.95. The van der Waals surface area contributed by atoms with Crippen LogP contribution in [0.2, 0.25) is 0 Å². The summed E-state index contributed by atoms with van der Waals surface area (Å²) in [4.78, 5) is 10.9. The quantitative estimate of drug-likeness (QED) is 0.807. The standard InChI is InChI=1S/C16H17NO2/c1-17-9-3-2-4-12-5-6-14-11-15(16(18)19)8-7-13(14)10-12/h2,4-8,10-11,17H,3,9H2,1H3,(H,18,19). The Labute approximate surface area is 112 Å². The number of carboxylic acids is 1. The summed E-state index contributed by atoms with van der Waals surface area (Å²) in [5.74, 6) is -0.891. The Morgan fingerprint density at radius 3 is 2.68 bits per heavy atom. The van der Waals surface area contributed by atoms with Crippen LogP contribution in [0.1, 0.15) is 22.3 Å². The Morgan fingerprint density at radius 1 is 1.21 bits per heavy atom. The van der Waals surface area contributed by atoms with E-state index in [1.165, 1.54) is 0 Å². The van der Waals surface area contributed by atoms with E-state index in [-0.39, 0.29) is 0 Å². The first-order valence-electron chi connectivity index (χ1n) is 6.29. The number of carboxylic acid groups (broad SMARTS) is 1. The first kappa shape index (κ1) is 13.3. The second-order valence-corrected chi connectivity index (χ2v) is 4.42. The maximum atomic E-state index is 10.9. The zero-order valence-corrected chi connectivity index (χ0v) is 10.9. The highest BCUT2D eigenvalue weighted by atomic mass is 16.4. The van der Waals surface area contributed by atoms with Crippen molar-refractivity contribution >= 4 is 22.8 Å². The van der Waals surface area contributed by atoms with Gasteiger partial charge in [-0.3, -0.25) is 0 Å². The van der Waals surface area contributed by atoms with Gasteiger partial charge in [0.2, 0.25) is 0 Å². The summed E-state index contributed by atoms with van der Waals surface area (Å²) >= 11 is 0. The van der Waals surface area contributed by atoms with Crippen molar-refractivity contribution in [1.82, 2.24) is 5.32 Å². The van der Waals surface area contributed by atoms with Crippen molar-refractivity contribution in [2.75, 3.05) is 13.6 Å². The van der Waals surface area contributed by atoms with Crippen LogP contribution >= 0.6 is 0 Å². The molecule has 3 nitrogen and oxygen atoms in total. The Bertz CT molecular complexity index is 617. The maximum absolute atomic E-state index is 10.9. The lowest BCUT2D eigenvalue weighted by Gasteiger charge is -2.02. The molecule has 0 atom stereocenters. The van der Waals surface area contributed by atoms with Crippen molar-refractivity contribution in [3.63, 3.8) is 0 Å². The number of hydrogen-bond donors (Lipinski definition) is 2. The number of aromatic carboxylic acids is 1. The van der Waals surface area contributed by atoms with Crippen LogP contribution in [0, 0.1) is 0 Å². The third-order valence-corrected chi connectivity index (χ3v) is 2.98. The van der Waals surface area contributed by atoms with E-state index in [1.54, 1.807) is 12.1 Å². The third kappa shape index (κ3) is 3.42. The lowest BCUT2D eigenvalue weighted by Crippen LogP contribution is -2.05. The van der Waals surface area contributed by atoms with E-state index in [9.17, 15) is 4.79 Å². The minimum absolute atomic E-state index is 0.324. The summed E-state index contributed by atoms with van der Waals surface area (Å²) in [6.45, 7) is 0.964. The molecule has 0 unspecified atom stereocenters. The molecule has 19 heavy (non-hydrogen) atoms. The molecule has 0 bridgehead atoms. The summed E-state index contributed by atoms with van der Waals surface area (Å²) in [5, 5.41) is 14.0. The Hall–Kier alpha value is -2.13. The van der Waals surface area contributed by atoms with Crippen molar-refractivity contribution in [2.24, 2.45) is 0 Å². The molecule has 0 fully saturated rings. The van der Waals surface area contributed by atoms with Crippen molar-refractivity contribution in [2.45, 2.75) is 6.42 Å². The molecule has 0 amide bonds. The van der Waals surface area contributed by atoms with Gasteiger partial charge in [-0.05, 0) is 54.5 Å². The maximum Gasteiger partial charge on any atom is 0.335 e. The molecule has 0 aliphatic carbocycles. The zero-order chi connectivity index (χ0) is 13.7.